The van der Waals surface area contributed by atoms with Crippen LogP contribution < -0.4 is 0 Å². The van der Waals surface area contributed by atoms with Crippen LogP contribution in [0.25, 0.3) is 17.0 Å². The highest BCUT2D eigenvalue weighted by atomic mass is 14.7. The van der Waals surface area contributed by atoms with Crippen LogP contribution in [-0.2, 0) is 0 Å². The second kappa shape index (κ2) is 3.48. The van der Waals surface area contributed by atoms with Crippen molar-refractivity contribution in [2.45, 2.75) is 6.42 Å². The Bertz CT molecular complexity index is 390. The Balaban J connectivity index is 2.44. The molecule has 0 spiro atoms. The summed E-state index contributed by atoms with van der Waals surface area (Å²) in [6, 6.07) is 10.4. The van der Waals surface area contributed by atoms with Gasteiger partial charge in [0.2, 0.25) is 0 Å². The van der Waals surface area contributed by atoms with Gasteiger partial charge in [0, 0.05) is 11.2 Å². The quantitative estimate of drug-likeness (QED) is 0.711. The monoisotopic (exact) mass is 170 g/mol. The fourth-order valence-corrected chi connectivity index (χ4v) is 1.40. The Labute approximate surface area is 78.1 Å². The molecule has 0 atom stereocenters. The molecule has 13 heavy (non-hydrogen) atoms. The molecule has 2 rings (SSSR count). The molecule has 0 aliphatic rings. The third kappa shape index (κ3) is 1.64. The number of aromatic amines is 1. The van der Waals surface area contributed by atoms with Gasteiger partial charge >= 0.3 is 0 Å². The van der Waals surface area contributed by atoms with E-state index < -0.39 is 0 Å². The number of fused-ring (bicyclic) bond motifs is 1. The Kier molecular flexibility index (Phi) is 2.17. The topological polar surface area (TPSA) is 15.8 Å². The molecule has 1 radical (unpaired) electrons. The minimum atomic E-state index is 0.829. The third-order valence-corrected chi connectivity index (χ3v) is 2.01. The highest BCUT2D eigenvalue weighted by Crippen LogP contribution is 2.15. The summed E-state index contributed by atoms with van der Waals surface area (Å²) in [7, 11) is 0. The first-order valence-electron chi connectivity index (χ1n) is 4.43. The van der Waals surface area contributed by atoms with E-state index in [-0.39, 0.29) is 0 Å². The number of nitrogens with one attached hydrogen (secondary N) is 1. The van der Waals surface area contributed by atoms with Crippen molar-refractivity contribution in [1.29, 1.82) is 0 Å². The minimum absolute atomic E-state index is 0.829. The van der Waals surface area contributed by atoms with Gasteiger partial charge in [0.25, 0.3) is 0 Å². The molecule has 2 aromatic rings. The van der Waals surface area contributed by atoms with Crippen molar-refractivity contribution in [3.05, 3.63) is 49.0 Å². The summed E-state index contributed by atoms with van der Waals surface area (Å²) < 4.78 is 0. The Hall–Kier alpha value is -1.50. The van der Waals surface area contributed by atoms with Gasteiger partial charge in [-0.25, -0.2) is 0 Å². The van der Waals surface area contributed by atoms with Gasteiger partial charge in [-0.3, -0.25) is 0 Å². The van der Waals surface area contributed by atoms with E-state index in [1.807, 2.05) is 18.2 Å². The van der Waals surface area contributed by atoms with E-state index in [2.05, 4.69) is 36.2 Å². The lowest BCUT2D eigenvalue weighted by molar-refractivity contribution is 1.38. The molecule has 65 valence electrons. The van der Waals surface area contributed by atoms with E-state index in [0.29, 0.717) is 0 Å². The van der Waals surface area contributed by atoms with Crippen molar-refractivity contribution in [1.82, 2.24) is 4.98 Å². The fraction of sp³-hybridized carbons (Fsp3) is 0.0833. The van der Waals surface area contributed by atoms with E-state index in [1.54, 1.807) is 0 Å². The van der Waals surface area contributed by atoms with Gasteiger partial charge in [0.05, 0.1) is 0 Å². The van der Waals surface area contributed by atoms with Crippen molar-refractivity contribution < 1.29 is 0 Å². The normalized spacial score (nSPS) is 11.5. The summed E-state index contributed by atoms with van der Waals surface area (Å²) in [5.74, 6) is 0. The van der Waals surface area contributed by atoms with Gasteiger partial charge in [-0.2, -0.15) is 0 Å². The van der Waals surface area contributed by atoms with E-state index in [9.17, 15) is 0 Å². The lowest BCUT2D eigenvalue weighted by Crippen LogP contribution is -1.67. The lowest BCUT2D eigenvalue weighted by Gasteiger charge is -1.84. The first-order chi connectivity index (χ1) is 6.40. The largest absolute Gasteiger partial charge is 0.355 e. The summed E-state index contributed by atoms with van der Waals surface area (Å²) in [6.45, 7) is 3.75. The van der Waals surface area contributed by atoms with Crippen LogP contribution in [0.3, 0.4) is 0 Å². The molecule has 0 saturated carbocycles. The maximum Gasteiger partial charge on any atom is 0.0458 e. The number of rotatable bonds is 2. The van der Waals surface area contributed by atoms with Crippen LogP contribution in [0, 0.1) is 6.92 Å². The summed E-state index contributed by atoms with van der Waals surface area (Å²) in [4.78, 5) is 3.32. The number of hydrogen-bond donors (Lipinski definition) is 1. The van der Waals surface area contributed by atoms with Crippen LogP contribution in [0.2, 0.25) is 0 Å². The summed E-state index contributed by atoms with van der Waals surface area (Å²) in [6.07, 6.45) is 4.94. The van der Waals surface area contributed by atoms with Crippen LogP contribution >= 0.6 is 0 Å². The van der Waals surface area contributed by atoms with Crippen molar-refractivity contribution in [2.75, 3.05) is 0 Å². The summed E-state index contributed by atoms with van der Waals surface area (Å²) in [5, 5.41) is 1.26. The Morgan fingerprint density at radius 2 is 2.15 bits per heavy atom. The third-order valence-electron chi connectivity index (χ3n) is 2.01. The highest BCUT2D eigenvalue weighted by Gasteiger charge is 1.94. The van der Waals surface area contributed by atoms with E-state index in [4.69, 9.17) is 0 Å². The van der Waals surface area contributed by atoms with Gasteiger partial charge in [-0.1, -0.05) is 24.3 Å². The van der Waals surface area contributed by atoms with Crippen molar-refractivity contribution in [3.63, 3.8) is 0 Å². The maximum absolute atomic E-state index is 3.75. The number of allylic oxidation sites excluding steroid dienone is 1. The van der Waals surface area contributed by atoms with Gasteiger partial charge in [-0.15, -0.1) is 0 Å². The van der Waals surface area contributed by atoms with Crippen molar-refractivity contribution in [2.24, 2.45) is 0 Å². The zero-order valence-corrected chi connectivity index (χ0v) is 7.46. The number of hydrogen-bond acceptors (Lipinski definition) is 0. The van der Waals surface area contributed by atoms with Crippen molar-refractivity contribution >= 4 is 17.0 Å². The van der Waals surface area contributed by atoms with E-state index in [1.165, 1.54) is 10.9 Å². The molecular weight excluding hydrogens is 158 g/mol. The Morgan fingerprint density at radius 1 is 1.31 bits per heavy atom. The average molecular weight is 170 g/mol. The summed E-state index contributed by atoms with van der Waals surface area (Å²) >= 11 is 0. The highest BCUT2D eigenvalue weighted by molar-refractivity contribution is 5.82. The first-order valence-corrected chi connectivity index (χ1v) is 4.43. The molecule has 0 bridgehead atoms. The van der Waals surface area contributed by atoms with E-state index in [0.717, 1.165) is 12.1 Å². The van der Waals surface area contributed by atoms with Crippen molar-refractivity contribution in [3.8, 4) is 0 Å². The maximum atomic E-state index is 3.75. The van der Waals surface area contributed by atoms with Crippen LogP contribution in [0.1, 0.15) is 12.1 Å². The predicted octanol–water partition coefficient (Wildman–Crippen LogP) is 3.41. The molecule has 0 unspecified atom stereocenters. The molecule has 1 aromatic heterocycles. The lowest BCUT2D eigenvalue weighted by atomic mass is 10.2. The number of H-pyrrole nitrogens is 1. The molecule has 1 heteroatoms. The smallest absolute Gasteiger partial charge is 0.0458 e. The molecule has 1 heterocycles. The fourth-order valence-electron chi connectivity index (χ4n) is 1.40. The minimum Gasteiger partial charge on any atom is -0.355 e. The SMILES string of the molecule is [CH2]CC=Cc1cc2ccccc2[nH]1. The molecule has 0 saturated heterocycles. The first kappa shape index (κ1) is 8.11. The number of aromatic nitrogens is 1. The Morgan fingerprint density at radius 3 is 2.92 bits per heavy atom. The van der Waals surface area contributed by atoms with Gasteiger partial charge < -0.3 is 4.98 Å². The van der Waals surface area contributed by atoms with Gasteiger partial charge in [0.1, 0.15) is 0 Å². The number of para-hydroxylation sites is 1. The van der Waals surface area contributed by atoms with E-state index >= 15 is 0 Å². The molecule has 1 nitrogen and oxygen atoms in total. The zero-order valence-electron chi connectivity index (χ0n) is 7.46. The van der Waals surface area contributed by atoms with Gasteiger partial charge in [0.15, 0.2) is 0 Å². The molecule has 1 aromatic carbocycles. The molecule has 1 N–H and O–H groups in total. The zero-order chi connectivity index (χ0) is 9.10. The average Bonchev–Trinajstić information content (AvgIpc) is 2.57. The second-order valence-corrected chi connectivity index (χ2v) is 3.00. The molecule has 0 aliphatic heterocycles. The molecule has 0 amide bonds. The number of benzene rings is 1. The predicted molar refractivity (Wildman–Crippen MR) is 57.3 cm³/mol. The molecule has 0 aliphatic carbocycles. The van der Waals surface area contributed by atoms with Gasteiger partial charge in [-0.05, 0) is 36.9 Å². The second-order valence-electron chi connectivity index (χ2n) is 3.00. The molecular formula is C12H12N. The standard InChI is InChI=1S/C12H12N/c1-2-3-7-11-9-10-6-4-5-8-12(10)13-11/h3-9,13H,1-2H2. The summed E-state index contributed by atoms with van der Waals surface area (Å²) in [5.41, 5.74) is 2.33. The molecule has 0 fully saturated rings. The van der Waals surface area contributed by atoms with Crippen LogP contribution in [-0.4, -0.2) is 4.98 Å². The van der Waals surface area contributed by atoms with Crippen LogP contribution in [0.15, 0.2) is 36.4 Å². The van der Waals surface area contributed by atoms with Crippen LogP contribution in [0.5, 0.6) is 0 Å². The van der Waals surface area contributed by atoms with Crippen LogP contribution in [0.4, 0.5) is 0 Å².